The Morgan fingerprint density at radius 3 is 2.20 bits per heavy atom. The van der Waals surface area contributed by atoms with Gasteiger partial charge in [-0.2, -0.15) is 4.31 Å². The van der Waals surface area contributed by atoms with Crippen LogP contribution in [-0.2, 0) is 24.8 Å². The van der Waals surface area contributed by atoms with E-state index in [1.54, 1.807) is 49.4 Å². The lowest BCUT2D eigenvalue weighted by Gasteiger charge is -2.26. The first-order chi connectivity index (χ1) is 19.0. The van der Waals surface area contributed by atoms with Crippen molar-refractivity contribution in [2.45, 2.75) is 36.5 Å². The average molecular weight is 606 g/mol. The van der Waals surface area contributed by atoms with Crippen LogP contribution < -0.4 is 14.4 Å². The SMILES string of the molecule is Cc1ccc(S(=O)(=O)N(CC(=O)NCCOc2ccc(S(=O)(=O)N3CCCC3)cc2)c2cccc(Cl)c2C)cc1. The smallest absolute Gasteiger partial charge is 0.264 e. The van der Waals surface area contributed by atoms with E-state index < -0.39 is 32.5 Å². The highest BCUT2D eigenvalue weighted by Gasteiger charge is 2.29. The molecule has 1 fully saturated rings. The number of hydrogen-bond donors (Lipinski definition) is 1. The summed E-state index contributed by atoms with van der Waals surface area (Å²) in [6.45, 7) is 4.37. The van der Waals surface area contributed by atoms with Crippen molar-refractivity contribution in [2.24, 2.45) is 0 Å². The Labute approximate surface area is 240 Å². The molecule has 3 aromatic carbocycles. The van der Waals surface area contributed by atoms with Crippen LogP contribution in [0.25, 0.3) is 0 Å². The van der Waals surface area contributed by atoms with Crippen molar-refractivity contribution >= 4 is 43.2 Å². The lowest BCUT2D eigenvalue weighted by atomic mass is 10.2. The largest absolute Gasteiger partial charge is 0.492 e. The molecule has 9 nitrogen and oxygen atoms in total. The number of sulfonamides is 2. The quantitative estimate of drug-likeness (QED) is 0.329. The minimum absolute atomic E-state index is 0.0591. The third-order valence-electron chi connectivity index (χ3n) is 6.62. The van der Waals surface area contributed by atoms with Crippen LogP contribution in [0.1, 0.15) is 24.0 Å². The number of benzene rings is 3. The van der Waals surface area contributed by atoms with Gasteiger partial charge in [0.15, 0.2) is 0 Å². The summed E-state index contributed by atoms with van der Waals surface area (Å²) < 4.78 is 60.7. The van der Waals surface area contributed by atoms with Crippen molar-refractivity contribution in [3.8, 4) is 5.75 Å². The summed E-state index contributed by atoms with van der Waals surface area (Å²) in [4.78, 5) is 13.1. The number of aryl methyl sites for hydroxylation is 1. The molecule has 214 valence electrons. The highest BCUT2D eigenvalue weighted by atomic mass is 35.5. The summed E-state index contributed by atoms with van der Waals surface area (Å²) in [5.41, 5.74) is 1.75. The summed E-state index contributed by atoms with van der Waals surface area (Å²) in [7, 11) is -7.58. The standard InChI is InChI=1S/C28H32ClN3O6S2/c1-21-8-12-25(13-9-21)40(36,37)32(27-7-5-6-26(29)22(27)2)20-28(33)30-16-19-38-23-10-14-24(15-11-23)39(34,35)31-17-3-4-18-31/h5-15H,3-4,16-20H2,1-2H3,(H,30,33). The Morgan fingerprint density at radius 2 is 1.55 bits per heavy atom. The molecule has 4 rings (SSSR count). The van der Waals surface area contributed by atoms with Gasteiger partial charge in [0.1, 0.15) is 18.9 Å². The van der Waals surface area contributed by atoms with Gasteiger partial charge in [0.2, 0.25) is 15.9 Å². The number of halogens is 1. The van der Waals surface area contributed by atoms with E-state index >= 15 is 0 Å². The Kier molecular flexibility index (Phi) is 9.40. The molecule has 0 radical (unpaired) electrons. The van der Waals surface area contributed by atoms with E-state index in [1.807, 2.05) is 6.92 Å². The number of nitrogens with one attached hydrogen (secondary N) is 1. The third-order valence-corrected chi connectivity index (χ3v) is 10.7. The first-order valence-corrected chi connectivity index (χ1v) is 16.1. The van der Waals surface area contributed by atoms with E-state index in [1.165, 1.54) is 28.6 Å². The minimum atomic E-state index is -4.07. The number of carbonyl (C=O) groups is 1. The van der Waals surface area contributed by atoms with Crippen LogP contribution in [0.2, 0.25) is 5.02 Å². The third kappa shape index (κ3) is 6.77. The van der Waals surface area contributed by atoms with Gasteiger partial charge in [-0.3, -0.25) is 9.10 Å². The topological polar surface area (TPSA) is 113 Å². The number of ether oxygens (including phenoxy) is 1. The van der Waals surface area contributed by atoms with E-state index in [0.717, 1.165) is 22.7 Å². The second kappa shape index (κ2) is 12.6. The van der Waals surface area contributed by atoms with Gasteiger partial charge in [-0.05, 0) is 80.8 Å². The molecule has 12 heteroatoms. The van der Waals surface area contributed by atoms with Crippen LogP contribution in [0.4, 0.5) is 5.69 Å². The normalized spacial score (nSPS) is 14.2. The van der Waals surface area contributed by atoms with Gasteiger partial charge in [0.25, 0.3) is 10.0 Å². The molecule has 1 saturated heterocycles. The summed E-state index contributed by atoms with van der Waals surface area (Å²) >= 11 is 6.27. The predicted octanol–water partition coefficient (Wildman–Crippen LogP) is 4.13. The molecule has 0 saturated carbocycles. The second-order valence-electron chi connectivity index (χ2n) is 9.49. The maximum absolute atomic E-state index is 13.6. The lowest BCUT2D eigenvalue weighted by molar-refractivity contribution is -0.119. The predicted molar refractivity (Wildman–Crippen MR) is 155 cm³/mol. The zero-order chi connectivity index (χ0) is 28.9. The van der Waals surface area contributed by atoms with Crippen molar-refractivity contribution in [3.63, 3.8) is 0 Å². The van der Waals surface area contributed by atoms with E-state index in [9.17, 15) is 21.6 Å². The van der Waals surface area contributed by atoms with Crippen LogP contribution in [0, 0.1) is 13.8 Å². The van der Waals surface area contributed by atoms with Crippen molar-refractivity contribution in [1.29, 1.82) is 0 Å². The first kappa shape index (κ1) is 29.9. The molecule has 0 aliphatic carbocycles. The molecule has 0 spiro atoms. The van der Waals surface area contributed by atoms with Crippen LogP contribution in [0.15, 0.2) is 76.5 Å². The molecule has 0 atom stereocenters. The van der Waals surface area contributed by atoms with Crippen LogP contribution in [0.3, 0.4) is 0 Å². The van der Waals surface area contributed by atoms with Crippen LogP contribution in [0.5, 0.6) is 5.75 Å². The van der Waals surface area contributed by atoms with Gasteiger partial charge >= 0.3 is 0 Å². The number of amides is 1. The van der Waals surface area contributed by atoms with Gasteiger partial charge in [0.05, 0.1) is 22.0 Å². The molecular weight excluding hydrogens is 574 g/mol. The molecule has 1 aliphatic heterocycles. The van der Waals surface area contributed by atoms with Crippen molar-refractivity contribution in [1.82, 2.24) is 9.62 Å². The van der Waals surface area contributed by atoms with Gasteiger partial charge in [-0.1, -0.05) is 35.4 Å². The Morgan fingerprint density at radius 1 is 0.925 bits per heavy atom. The van der Waals surface area contributed by atoms with Crippen molar-refractivity contribution in [2.75, 3.05) is 37.1 Å². The van der Waals surface area contributed by atoms with Gasteiger partial charge in [-0.15, -0.1) is 0 Å². The van der Waals surface area contributed by atoms with Gasteiger partial charge in [0, 0.05) is 18.1 Å². The molecule has 0 unspecified atom stereocenters. The summed E-state index contributed by atoms with van der Waals surface area (Å²) in [6.07, 6.45) is 1.72. The molecule has 1 N–H and O–H groups in total. The Hall–Kier alpha value is -3.12. The minimum Gasteiger partial charge on any atom is -0.492 e. The van der Waals surface area contributed by atoms with E-state index in [0.29, 0.717) is 35.1 Å². The monoisotopic (exact) mass is 605 g/mol. The van der Waals surface area contributed by atoms with Crippen molar-refractivity contribution < 1.29 is 26.4 Å². The van der Waals surface area contributed by atoms with Crippen molar-refractivity contribution in [3.05, 3.63) is 82.9 Å². The number of anilines is 1. The van der Waals surface area contributed by atoms with Crippen LogP contribution >= 0.6 is 11.6 Å². The van der Waals surface area contributed by atoms with Crippen LogP contribution in [-0.4, -0.2) is 59.8 Å². The lowest BCUT2D eigenvalue weighted by Crippen LogP contribution is -2.42. The van der Waals surface area contributed by atoms with E-state index in [2.05, 4.69) is 5.32 Å². The summed E-state index contributed by atoms with van der Waals surface area (Å²) in [6, 6.07) is 17.4. The Balaban J connectivity index is 1.39. The maximum atomic E-state index is 13.6. The summed E-state index contributed by atoms with van der Waals surface area (Å²) in [5, 5.41) is 3.07. The molecule has 1 aliphatic rings. The molecule has 1 amide bonds. The number of rotatable bonds is 11. The number of hydrogen-bond acceptors (Lipinski definition) is 6. The second-order valence-corrected chi connectivity index (χ2v) is 13.7. The molecule has 0 bridgehead atoms. The van der Waals surface area contributed by atoms with E-state index in [-0.39, 0.29) is 22.9 Å². The highest BCUT2D eigenvalue weighted by molar-refractivity contribution is 7.92. The average Bonchev–Trinajstić information content (AvgIpc) is 3.48. The maximum Gasteiger partial charge on any atom is 0.264 e. The first-order valence-electron chi connectivity index (χ1n) is 12.8. The summed E-state index contributed by atoms with van der Waals surface area (Å²) in [5.74, 6) is -0.0709. The van der Waals surface area contributed by atoms with Gasteiger partial charge < -0.3 is 10.1 Å². The van der Waals surface area contributed by atoms with Gasteiger partial charge in [-0.25, -0.2) is 16.8 Å². The molecular formula is C28H32ClN3O6S2. The zero-order valence-corrected chi connectivity index (χ0v) is 24.7. The fourth-order valence-corrected chi connectivity index (χ4v) is 7.50. The fraction of sp³-hybridized carbons (Fsp3) is 0.321. The number of nitrogens with zero attached hydrogens (tertiary/aromatic N) is 2. The number of carbonyl (C=O) groups excluding carboxylic acids is 1. The molecule has 3 aromatic rings. The highest BCUT2D eigenvalue weighted by Crippen LogP contribution is 2.31. The fourth-order valence-electron chi connectivity index (χ4n) is 4.33. The zero-order valence-electron chi connectivity index (χ0n) is 22.3. The molecule has 40 heavy (non-hydrogen) atoms. The van der Waals surface area contributed by atoms with E-state index in [4.69, 9.17) is 16.3 Å². The molecule has 0 aromatic heterocycles. The Bertz CT molecular complexity index is 1550. The molecule has 1 heterocycles.